The number of likely N-dealkylation sites (N-methyl/N-ethyl adjacent to an activating group) is 1. The van der Waals surface area contributed by atoms with Gasteiger partial charge in [-0.15, -0.1) is 6.42 Å². The Bertz CT molecular complexity index is 838. The number of benzene rings is 2. The second kappa shape index (κ2) is 9.41. The third-order valence-corrected chi connectivity index (χ3v) is 3.81. The van der Waals surface area contributed by atoms with E-state index in [9.17, 15) is 9.59 Å². The first-order valence-corrected chi connectivity index (χ1v) is 8.49. The van der Waals surface area contributed by atoms with Crippen LogP contribution in [-0.2, 0) is 9.59 Å². The Morgan fingerprint density at radius 1 is 0.926 bits per heavy atom. The van der Waals surface area contributed by atoms with Crippen LogP contribution in [0, 0.1) is 12.3 Å². The molecule has 0 unspecified atom stereocenters. The summed E-state index contributed by atoms with van der Waals surface area (Å²) < 4.78 is 0. The minimum absolute atomic E-state index is 0.0905. The standard InChI is InChI=1S/C21H24N4O2/c1-5-16-7-6-8-18(13-16)23-21(27)15-25(4)14-20(26)22-17-9-11-19(12-10-17)24(2)3/h1,6-13H,14-15H2,2-4H3,(H,22,26)(H,23,27). The van der Waals surface area contributed by atoms with E-state index in [-0.39, 0.29) is 24.9 Å². The molecule has 0 atom stereocenters. The van der Waals surface area contributed by atoms with Crippen molar-refractivity contribution >= 4 is 28.9 Å². The second-order valence-electron chi connectivity index (χ2n) is 6.44. The Kier molecular flexibility index (Phi) is 6.98. The van der Waals surface area contributed by atoms with Gasteiger partial charge >= 0.3 is 0 Å². The van der Waals surface area contributed by atoms with E-state index in [0.29, 0.717) is 11.3 Å². The molecule has 6 heteroatoms. The molecule has 0 radical (unpaired) electrons. The van der Waals surface area contributed by atoms with E-state index in [1.165, 1.54) is 0 Å². The van der Waals surface area contributed by atoms with Gasteiger partial charge in [0.05, 0.1) is 13.1 Å². The van der Waals surface area contributed by atoms with Crippen LogP contribution >= 0.6 is 0 Å². The third-order valence-electron chi connectivity index (χ3n) is 3.81. The van der Waals surface area contributed by atoms with Crippen LogP contribution in [0.5, 0.6) is 0 Å². The summed E-state index contributed by atoms with van der Waals surface area (Å²) in [5.74, 6) is 2.13. The molecule has 0 heterocycles. The van der Waals surface area contributed by atoms with Crippen LogP contribution < -0.4 is 15.5 Å². The van der Waals surface area contributed by atoms with Crippen molar-refractivity contribution in [3.63, 3.8) is 0 Å². The molecular formula is C21H24N4O2. The molecule has 140 valence electrons. The van der Waals surface area contributed by atoms with E-state index in [1.54, 1.807) is 36.2 Å². The molecule has 2 N–H and O–H groups in total. The van der Waals surface area contributed by atoms with E-state index in [4.69, 9.17) is 6.42 Å². The molecule has 0 fully saturated rings. The molecule has 2 rings (SSSR count). The molecule has 2 amide bonds. The van der Waals surface area contributed by atoms with Crippen molar-refractivity contribution < 1.29 is 9.59 Å². The molecule has 0 spiro atoms. The summed E-state index contributed by atoms with van der Waals surface area (Å²) in [7, 11) is 5.62. The summed E-state index contributed by atoms with van der Waals surface area (Å²) in [5.41, 5.74) is 3.10. The first kappa shape index (κ1) is 20.0. The summed E-state index contributed by atoms with van der Waals surface area (Å²) in [5, 5.41) is 5.60. The number of amides is 2. The molecule has 0 saturated carbocycles. The quantitative estimate of drug-likeness (QED) is 0.740. The van der Waals surface area contributed by atoms with E-state index < -0.39 is 0 Å². The van der Waals surface area contributed by atoms with Gasteiger partial charge in [0, 0.05) is 36.7 Å². The lowest BCUT2D eigenvalue weighted by Gasteiger charge is -2.17. The highest BCUT2D eigenvalue weighted by Gasteiger charge is 2.11. The number of nitrogens with one attached hydrogen (secondary N) is 2. The van der Waals surface area contributed by atoms with Crippen molar-refractivity contribution in [2.75, 3.05) is 49.8 Å². The number of carbonyl (C=O) groups excluding carboxylic acids is 2. The Balaban J connectivity index is 1.81. The third kappa shape index (κ3) is 6.49. The van der Waals surface area contributed by atoms with Gasteiger partial charge in [-0.05, 0) is 49.5 Å². The summed E-state index contributed by atoms with van der Waals surface area (Å²) in [6.45, 7) is 0.195. The Morgan fingerprint density at radius 3 is 2.07 bits per heavy atom. The second-order valence-corrected chi connectivity index (χ2v) is 6.44. The number of rotatable bonds is 7. The van der Waals surface area contributed by atoms with Crippen LogP contribution in [0.2, 0.25) is 0 Å². The van der Waals surface area contributed by atoms with Crippen LogP contribution in [0.4, 0.5) is 17.1 Å². The van der Waals surface area contributed by atoms with E-state index in [2.05, 4.69) is 16.6 Å². The van der Waals surface area contributed by atoms with Gasteiger partial charge in [0.2, 0.25) is 11.8 Å². The highest BCUT2D eigenvalue weighted by atomic mass is 16.2. The van der Waals surface area contributed by atoms with E-state index >= 15 is 0 Å². The van der Waals surface area contributed by atoms with Gasteiger partial charge in [0.25, 0.3) is 0 Å². The van der Waals surface area contributed by atoms with Crippen molar-refractivity contribution in [2.45, 2.75) is 0 Å². The van der Waals surface area contributed by atoms with Crippen molar-refractivity contribution in [3.05, 3.63) is 54.1 Å². The number of nitrogens with zero attached hydrogens (tertiary/aromatic N) is 2. The Labute approximate surface area is 160 Å². The zero-order valence-corrected chi connectivity index (χ0v) is 15.8. The Hall–Kier alpha value is -3.30. The summed E-state index contributed by atoms with van der Waals surface area (Å²) >= 11 is 0. The summed E-state index contributed by atoms with van der Waals surface area (Å²) in [4.78, 5) is 27.9. The number of hydrogen-bond acceptors (Lipinski definition) is 4. The van der Waals surface area contributed by atoms with Gasteiger partial charge in [-0.3, -0.25) is 14.5 Å². The van der Waals surface area contributed by atoms with Gasteiger partial charge in [-0.2, -0.15) is 0 Å². The van der Waals surface area contributed by atoms with Gasteiger partial charge < -0.3 is 15.5 Å². The van der Waals surface area contributed by atoms with Crippen LogP contribution in [0.25, 0.3) is 0 Å². The molecule has 0 aliphatic carbocycles. The summed E-state index contributed by atoms with van der Waals surface area (Å²) in [6.07, 6.45) is 5.35. The molecule has 27 heavy (non-hydrogen) atoms. The predicted molar refractivity (Wildman–Crippen MR) is 110 cm³/mol. The van der Waals surface area contributed by atoms with Crippen LogP contribution in [0.15, 0.2) is 48.5 Å². The highest BCUT2D eigenvalue weighted by Crippen LogP contribution is 2.15. The molecule has 2 aromatic carbocycles. The Morgan fingerprint density at radius 2 is 1.52 bits per heavy atom. The van der Waals surface area contributed by atoms with Gasteiger partial charge in [-0.25, -0.2) is 0 Å². The summed E-state index contributed by atoms with van der Waals surface area (Å²) in [6, 6.07) is 14.6. The van der Waals surface area contributed by atoms with Crippen molar-refractivity contribution in [3.8, 4) is 12.3 Å². The lowest BCUT2D eigenvalue weighted by atomic mass is 10.2. The van der Waals surface area contributed by atoms with Gasteiger partial charge in [0.1, 0.15) is 0 Å². The van der Waals surface area contributed by atoms with Crippen molar-refractivity contribution in [1.82, 2.24) is 4.90 Å². The maximum atomic E-state index is 12.1. The van der Waals surface area contributed by atoms with Crippen molar-refractivity contribution in [1.29, 1.82) is 0 Å². The van der Waals surface area contributed by atoms with Crippen LogP contribution in [-0.4, -0.2) is 50.9 Å². The van der Waals surface area contributed by atoms with E-state index in [1.807, 2.05) is 43.3 Å². The largest absolute Gasteiger partial charge is 0.378 e. The first-order chi connectivity index (χ1) is 12.9. The SMILES string of the molecule is C#Cc1cccc(NC(=O)CN(C)CC(=O)Nc2ccc(N(C)C)cc2)c1. The molecule has 2 aromatic rings. The maximum absolute atomic E-state index is 12.1. The lowest BCUT2D eigenvalue weighted by Crippen LogP contribution is -2.36. The number of terminal acetylenes is 1. The smallest absolute Gasteiger partial charge is 0.238 e. The fourth-order valence-corrected chi connectivity index (χ4v) is 2.48. The first-order valence-electron chi connectivity index (χ1n) is 8.49. The molecule has 0 aliphatic rings. The molecule has 6 nitrogen and oxygen atoms in total. The van der Waals surface area contributed by atoms with Crippen LogP contribution in [0.1, 0.15) is 5.56 Å². The van der Waals surface area contributed by atoms with Gasteiger partial charge in [0.15, 0.2) is 0 Å². The minimum Gasteiger partial charge on any atom is -0.378 e. The lowest BCUT2D eigenvalue weighted by molar-refractivity contribution is -0.119. The zero-order valence-electron chi connectivity index (χ0n) is 15.8. The zero-order chi connectivity index (χ0) is 19.8. The predicted octanol–water partition coefficient (Wildman–Crippen LogP) is 2.24. The fourth-order valence-electron chi connectivity index (χ4n) is 2.48. The monoisotopic (exact) mass is 364 g/mol. The fraction of sp³-hybridized carbons (Fsp3) is 0.238. The average molecular weight is 364 g/mol. The van der Waals surface area contributed by atoms with E-state index in [0.717, 1.165) is 11.4 Å². The number of carbonyl (C=O) groups is 2. The molecule has 0 saturated heterocycles. The maximum Gasteiger partial charge on any atom is 0.238 e. The average Bonchev–Trinajstić information content (AvgIpc) is 2.61. The molecular weight excluding hydrogens is 340 g/mol. The molecule has 0 bridgehead atoms. The molecule has 0 aliphatic heterocycles. The van der Waals surface area contributed by atoms with Crippen molar-refractivity contribution in [2.24, 2.45) is 0 Å². The minimum atomic E-state index is -0.213. The number of anilines is 3. The topological polar surface area (TPSA) is 64.7 Å². The highest BCUT2D eigenvalue weighted by molar-refractivity contribution is 5.94. The number of hydrogen-bond donors (Lipinski definition) is 2. The van der Waals surface area contributed by atoms with Crippen LogP contribution in [0.3, 0.4) is 0 Å². The molecule has 0 aromatic heterocycles. The van der Waals surface area contributed by atoms with Gasteiger partial charge in [-0.1, -0.05) is 12.0 Å². The normalized spacial score (nSPS) is 10.2.